The van der Waals surface area contributed by atoms with Gasteiger partial charge in [0, 0.05) is 22.9 Å². The third-order valence-corrected chi connectivity index (χ3v) is 7.21. The van der Waals surface area contributed by atoms with E-state index in [0.717, 1.165) is 66.1 Å². The van der Waals surface area contributed by atoms with Crippen LogP contribution in [-0.4, -0.2) is 34.8 Å². The number of fused-ring (bicyclic) bond motifs is 8. The maximum Gasteiger partial charge on any atom is 0.356 e. The molecule has 0 N–H and O–H groups in total. The largest absolute Gasteiger partial charge is 0.461 e. The summed E-state index contributed by atoms with van der Waals surface area (Å²) in [4.78, 5) is 20.4. The number of hydrogen-bond donors (Lipinski definition) is 0. The maximum absolute atomic E-state index is 11.7. The molecule has 2 saturated heterocycles. The van der Waals surface area contributed by atoms with E-state index < -0.39 is 5.97 Å². The molecule has 0 saturated carbocycles. The van der Waals surface area contributed by atoms with Gasteiger partial charge in [-0.05, 0) is 55.9 Å². The third kappa shape index (κ3) is 4.87. The van der Waals surface area contributed by atoms with Crippen molar-refractivity contribution in [2.45, 2.75) is 77.3 Å². The SMILES string of the molecule is C.CCOC(=O)c1cc(Cl)c2c(n1)C1CCC(C2)O1.Clc1cc(Cl)c2c(n1)C1CCC(C2)O1. The zero-order chi connectivity index (χ0) is 22.4. The number of carbonyl (C=O) groups is 1. The van der Waals surface area contributed by atoms with E-state index in [1.54, 1.807) is 19.1 Å². The number of carbonyl (C=O) groups excluding carboxylic acids is 1. The standard InChI is InChI=1S/C13H14ClNO3.C10H9Cl2NO.CH4/c1-2-17-13(16)10-6-9(14)8-5-7-3-4-11(18-7)12(8)15-10;11-7-4-9(12)13-10-6(7)3-5-1-2-8(10)14-5;/h6-7,11H,2-5H2,1H3;4-5,8H,1-3H2;1H4. The average molecular weight is 514 g/mol. The topological polar surface area (TPSA) is 70.5 Å². The van der Waals surface area contributed by atoms with E-state index >= 15 is 0 Å². The molecule has 4 atom stereocenters. The fourth-order valence-electron chi connectivity index (χ4n) is 4.90. The molecule has 2 fully saturated rings. The Bertz CT molecular complexity index is 1060. The van der Waals surface area contributed by atoms with E-state index in [0.29, 0.717) is 22.9 Å². The number of hydrogen-bond acceptors (Lipinski definition) is 6. The number of nitrogens with zero attached hydrogens (tertiary/aromatic N) is 2. The van der Waals surface area contributed by atoms with Crippen molar-refractivity contribution in [2.75, 3.05) is 6.61 Å². The first-order valence-electron chi connectivity index (χ1n) is 10.9. The highest BCUT2D eigenvalue weighted by atomic mass is 35.5. The summed E-state index contributed by atoms with van der Waals surface area (Å²) in [6.07, 6.45) is 6.53. The van der Waals surface area contributed by atoms with Gasteiger partial charge in [-0.25, -0.2) is 14.8 Å². The first-order valence-corrected chi connectivity index (χ1v) is 12.1. The summed E-state index contributed by atoms with van der Waals surface area (Å²) in [6, 6.07) is 3.32. The quantitative estimate of drug-likeness (QED) is 0.338. The molecular formula is C24H27Cl3N2O4. The van der Waals surface area contributed by atoms with Crippen molar-refractivity contribution in [1.82, 2.24) is 9.97 Å². The van der Waals surface area contributed by atoms with Crippen LogP contribution < -0.4 is 0 Å². The van der Waals surface area contributed by atoms with Crippen molar-refractivity contribution in [3.8, 4) is 0 Å². The lowest BCUT2D eigenvalue weighted by Crippen LogP contribution is -2.21. The summed E-state index contributed by atoms with van der Waals surface area (Å²) in [6.45, 7) is 2.10. The molecule has 2 aromatic rings. The normalized spacial score (nSPS) is 25.8. The van der Waals surface area contributed by atoms with Crippen LogP contribution in [0.25, 0.3) is 0 Å². The average Bonchev–Trinajstić information content (AvgIpc) is 3.34. The molecule has 33 heavy (non-hydrogen) atoms. The third-order valence-electron chi connectivity index (χ3n) is 6.35. The van der Waals surface area contributed by atoms with Crippen LogP contribution in [-0.2, 0) is 27.1 Å². The number of rotatable bonds is 2. The smallest absolute Gasteiger partial charge is 0.356 e. The Kier molecular flexibility index (Phi) is 7.51. The van der Waals surface area contributed by atoms with Crippen LogP contribution in [0.5, 0.6) is 0 Å². The monoisotopic (exact) mass is 512 g/mol. The minimum atomic E-state index is -0.428. The van der Waals surface area contributed by atoms with Gasteiger partial charge in [0.1, 0.15) is 23.1 Å². The van der Waals surface area contributed by atoms with Crippen molar-refractivity contribution >= 4 is 40.8 Å². The van der Waals surface area contributed by atoms with Crippen LogP contribution >= 0.6 is 34.8 Å². The molecule has 0 amide bonds. The molecule has 2 aromatic heterocycles. The lowest BCUT2D eigenvalue weighted by molar-refractivity contribution is 0.0289. The van der Waals surface area contributed by atoms with Crippen molar-refractivity contribution in [1.29, 1.82) is 0 Å². The van der Waals surface area contributed by atoms with Gasteiger partial charge >= 0.3 is 5.97 Å². The highest BCUT2D eigenvalue weighted by Crippen LogP contribution is 2.43. The molecule has 4 unspecified atom stereocenters. The van der Waals surface area contributed by atoms with E-state index in [1.165, 1.54) is 0 Å². The summed E-state index contributed by atoms with van der Waals surface area (Å²) in [5.41, 5.74) is 4.21. The Morgan fingerprint density at radius 3 is 2.06 bits per heavy atom. The van der Waals surface area contributed by atoms with Crippen molar-refractivity contribution < 1.29 is 19.0 Å². The summed E-state index contributed by atoms with van der Waals surface area (Å²) in [7, 11) is 0. The van der Waals surface area contributed by atoms with Gasteiger partial charge in [0.2, 0.25) is 0 Å². The second kappa shape index (κ2) is 10.0. The molecule has 4 aliphatic heterocycles. The number of esters is 1. The summed E-state index contributed by atoms with van der Waals surface area (Å²) >= 11 is 18.2. The first-order chi connectivity index (χ1) is 15.4. The lowest BCUT2D eigenvalue weighted by atomic mass is 10.0. The maximum atomic E-state index is 11.7. The molecule has 6 nitrogen and oxygen atoms in total. The molecule has 6 heterocycles. The fourth-order valence-corrected chi connectivity index (χ4v) is 5.71. The molecule has 4 bridgehead atoms. The minimum Gasteiger partial charge on any atom is -0.461 e. The van der Waals surface area contributed by atoms with Gasteiger partial charge in [-0.3, -0.25) is 0 Å². The Hall–Kier alpha value is -1.44. The van der Waals surface area contributed by atoms with Crippen LogP contribution in [0.3, 0.4) is 0 Å². The zero-order valence-electron chi connectivity index (χ0n) is 17.6. The van der Waals surface area contributed by atoms with Gasteiger partial charge in [-0.1, -0.05) is 42.2 Å². The van der Waals surface area contributed by atoms with Crippen molar-refractivity contribution in [2.24, 2.45) is 0 Å². The van der Waals surface area contributed by atoms with Gasteiger partial charge in [0.05, 0.1) is 30.2 Å². The number of aromatic nitrogens is 2. The van der Waals surface area contributed by atoms with Gasteiger partial charge in [0.25, 0.3) is 0 Å². The zero-order valence-corrected chi connectivity index (χ0v) is 19.8. The Balaban J connectivity index is 0.000000157. The lowest BCUT2D eigenvalue weighted by Gasteiger charge is -2.24. The van der Waals surface area contributed by atoms with E-state index in [1.807, 2.05) is 0 Å². The number of ether oxygens (including phenoxy) is 3. The van der Waals surface area contributed by atoms with E-state index in [-0.39, 0.29) is 31.4 Å². The summed E-state index contributed by atoms with van der Waals surface area (Å²) in [5, 5.41) is 1.80. The number of pyridine rings is 2. The number of halogens is 3. The molecular weight excluding hydrogens is 487 g/mol. The predicted octanol–water partition coefficient (Wildman–Crippen LogP) is 6.49. The van der Waals surface area contributed by atoms with Crippen LogP contribution in [0.1, 0.15) is 85.2 Å². The first kappa shape index (κ1) is 24.7. The van der Waals surface area contributed by atoms with Gasteiger partial charge in [-0.2, -0.15) is 0 Å². The molecule has 0 spiro atoms. The van der Waals surface area contributed by atoms with Crippen molar-refractivity contribution in [3.05, 3.63) is 55.5 Å². The van der Waals surface area contributed by atoms with Gasteiger partial charge < -0.3 is 14.2 Å². The van der Waals surface area contributed by atoms with Gasteiger partial charge in [-0.15, -0.1) is 0 Å². The Morgan fingerprint density at radius 1 is 0.939 bits per heavy atom. The molecule has 9 heteroatoms. The van der Waals surface area contributed by atoms with Crippen LogP contribution in [0, 0.1) is 0 Å². The molecule has 178 valence electrons. The van der Waals surface area contributed by atoms with Crippen molar-refractivity contribution in [3.63, 3.8) is 0 Å². The molecule has 6 rings (SSSR count). The Morgan fingerprint density at radius 2 is 1.48 bits per heavy atom. The van der Waals surface area contributed by atoms with Crippen LogP contribution in [0.15, 0.2) is 12.1 Å². The second-order valence-corrected chi connectivity index (χ2v) is 9.62. The Labute approximate surface area is 208 Å². The van der Waals surface area contributed by atoms with Crippen LogP contribution in [0.2, 0.25) is 15.2 Å². The van der Waals surface area contributed by atoms with E-state index in [9.17, 15) is 4.79 Å². The van der Waals surface area contributed by atoms with E-state index in [2.05, 4.69) is 9.97 Å². The highest BCUT2D eigenvalue weighted by Gasteiger charge is 2.37. The van der Waals surface area contributed by atoms with E-state index in [4.69, 9.17) is 49.0 Å². The van der Waals surface area contributed by atoms with Gasteiger partial charge in [0.15, 0.2) is 0 Å². The summed E-state index contributed by atoms with van der Waals surface area (Å²) in [5.74, 6) is -0.428. The second-order valence-electron chi connectivity index (χ2n) is 8.42. The van der Waals surface area contributed by atoms with Crippen LogP contribution in [0.4, 0.5) is 0 Å². The molecule has 4 aliphatic rings. The minimum absolute atomic E-state index is 0. The predicted molar refractivity (Wildman–Crippen MR) is 127 cm³/mol. The molecule has 0 aromatic carbocycles. The molecule has 0 radical (unpaired) electrons. The highest BCUT2D eigenvalue weighted by molar-refractivity contribution is 6.34. The summed E-state index contributed by atoms with van der Waals surface area (Å²) < 4.78 is 16.5. The molecule has 0 aliphatic carbocycles. The fraction of sp³-hybridized carbons (Fsp3) is 0.542.